The summed E-state index contributed by atoms with van der Waals surface area (Å²) in [5.74, 6) is 2.36. The molecule has 0 saturated carbocycles. The molecule has 1 aromatic carbocycles. The normalized spacial score (nSPS) is 16.7. The SMILES string of the molecule is O=C(c1cc(I)ccc1Br)N1CCCSCC1. The lowest BCUT2D eigenvalue weighted by atomic mass is 10.2. The van der Waals surface area contributed by atoms with E-state index in [0.717, 1.165) is 44.6 Å². The van der Waals surface area contributed by atoms with Crippen molar-refractivity contribution in [1.29, 1.82) is 0 Å². The molecule has 1 aliphatic rings. The fourth-order valence-electron chi connectivity index (χ4n) is 1.78. The molecule has 1 saturated heterocycles. The molecule has 0 radical (unpaired) electrons. The molecule has 0 aliphatic carbocycles. The molecule has 5 heteroatoms. The van der Waals surface area contributed by atoms with Crippen LogP contribution in [0.25, 0.3) is 0 Å². The third-order valence-electron chi connectivity index (χ3n) is 2.67. The summed E-state index contributed by atoms with van der Waals surface area (Å²) in [6.07, 6.45) is 1.10. The zero-order valence-corrected chi connectivity index (χ0v) is 13.8. The Morgan fingerprint density at radius 1 is 1.35 bits per heavy atom. The Labute approximate surface area is 128 Å². The van der Waals surface area contributed by atoms with E-state index in [4.69, 9.17) is 0 Å². The second-order valence-corrected chi connectivity index (χ2v) is 7.21. The Hall–Kier alpha value is 0.250. The predicted molar refractivity (Wildman–Crippen MR) is 84.7 cm³/mol. The summed E-state index contributed by atoms with van der Waals surface area (Å²) in [7, 11) is 0. The van der Waals surface area contributed by atoms with Gasteiger partial charge in [0.15, 0.2) is 0 Å². The van der Waals surface area contributed by atoms with Crippen molar-refractivity contribution in [3.8, 4) is 0 Å². The van der Waals surface area contributed by atoms with E-state index in [1.807, 2.05) is 34.9 Å². The molecule has 0 bridgehead atoms. The van der Waals surface area contributed by atoms with E-state index >= 15 is 0 Å². The summed E-state index contributed by atoms with van der Waals surface area (Å²) in [6.45, 7) is 1.74. The van der Waals surface area contributed by atoms with Gasteiger partial charge in [0.25, 0.3) is 5.91 Å². The first-order valence-electron chi connectivity index (χ1n) is 5.50. The topological polar surface area (TPSA) is 20.3 Å². The number of amides is 1. The standard InChI is InChI=1S/C12H13BrINOS/c13-11-3-2-9(14)8-10(11)12(16)15-4-1-6-17-7-5-15/h2-3,8H,1,4-7H2. The smallest absolute Gasteiger partial charge is 0.255 e. The highest BCUT2D eigenvalue weighted by atomic mass is 127. The van der Waals surface area contributed by atoms with Crippen LogP contribution in [0.1, 0.15) is 16.8 Å². The Balaban J connectivity index is 2.20. The second-order valence-electron chi connectivity index (χ2n) is 3.88. The average molecular weight is 426 g/mol. The maximum Gasteiger partial charge on any atom is 0.255 e. The minimum Gasteiger partial charge on any atom is -0.338 e. The third kappa shape index (κ3) is 3.61. The summed E-state index contributed by atoms with van der Waals surface area (Å²) >= 11 is 7.63. The maximum atomic E-state index is 12.4. The molecule has 17 heavy (non-hydrogen) atoms. The Kier molecular flexibility index (Phi) is 5.17. The molecular formula is C12H13BrINOS. The summed E-state index contributed by atoms with van der Waals surface area (Å²) < 4.78 is 1.98. The van der Waals surface area contributed by atoms with Crippen molar-refractivity contribution in [2.45, 2.75) is 6.42 Å². The number of rotatable bonds is 1. The molecule has 2 nitrogen and oxygen atoms in total. The van der Waals surface area contributed by atoms with Crippen LogP contribution in [0.15, 0.2) is 22.7 Å². The van der Waals surface area contributed by atoms with Crippen molar-refractivity contribution in [2.24, 2.45) is 0 Å². The quantitative estimate of drug-likeness (QED) is 0.640. The van der Waals surface area contributed by atoms with Crippen LogP contribution in [-0.4, -0.2) is 35.4 Å². The number of thioether (sulfide) groups is 1. The monoisotopic (exact) mass is 425 g/mol. The first-order chi connectivity index (χ1) is 8.18. The fourth-order valence-corrected chi connectivity index (χ4v) is 3.58. The molecule has 1 aliphatic heterocycles. The van der Waals surface area contributed by atoms with Gasteiger partial charge in [-0.25, -0.2) is 0 Å². The van der Waals surface area contributed by atoms with E-state index in [0.29, 0.717) is 0 Å². The number of carbonyl (C=O) groups excluding carboxylic acids is 1. The van der Waals surface area contributed by atoms with Crippen molar-refractivity contribution >= 4 is 56.2 Å². The molecule has 2 rings (SSSR count). The van der Waals surface area contributed by atoms with Gasteiger partial charge in [0.2, 0.25) is 0 Å². The largest absolute Gasteiger partial charge is 0.338 e. The van der Waals surface area contributed by atoms with Crippen LogP contribution >= 0.6 is 50.3 Å². The minimum atomic E-state index is 0.151. The van der Waals surface area contributed by atoms with Crippen LogP contribution < -0.4 is 0 Å². The Morgan fingerprint density at radius 2 is 2.18 bits per heavy atom. The van der Waals surface area contributed by atoms with Crippen molar-refractivity contribution in [2.75, 3.05) is 24.6 Å². The molecule has 0 N–H and O–H groups in total. The molecule has 0 unspecified atom stereocenters. The molecule has 1 aromatic rings. The van der Waals surface area contributed by atoms with E-state index < -0.39 is 0 Å². The number of carbonyl (C=O) groups is 1. The maximum absolute atomic E-state index is 12.4. The van der Waals surface area contributed by atoms with Crippen molar-refractivity contribution < 1.29 is 4.79 Å². The molecule has 0 spiro atoms. The van der Waals surface area contributed by atoms with Gasteiger partial charge in [0.05, 0.1) is 5.56 Å². The van der Waals surface area contributed by atoms with Crippen LogP contribution in [0, 0.1) is 3.57 Å². The van der Waals surface area contributed by atoms with E-state index in [-0.39, 0.29) is 5.91 Å². The third-order valence-corrected chi connectivity index (χ3v) is 5.08. The molecule has 1 heterocycles. The van der Waals surface area contributed by atoms with Gasteiger partial charge < -0.3 is 4.90 Å². The second kappa shape index (κ2) is 6.43. The molecule has 0 aromatic heterocycles. The van der Waals surface area contributed by atoms with Crippen molar-refractivity contribution in [1.82, 2.24) is 4.90 Å². The zero-order chi connectivity index (χ0) is 12.3. The first-order valence-corrected chi connectivity index (χ1v) is 8.53. The lowest BCUT2D eigenvalue weighted by Gasteiger charge is -2.20. The lowest BCUT2D eigenvalue weighted by Crippen LogP contribution is -2.33. The summed E-state index contributed by atoms with van der Waals surface area (Å²) in [6, 6.07) is 5.90. The van der Waals surface area contributed by atoms with Gasteiger partial charge in [0, 0.05) is 26.9 Å². The fraction of sp³-hybridized carbons (Fsp3) is 0.417. The van der Waals surface area contributed by atoms with E-state index in [1.54, 1.807) is 0 Å². The van der Waals surface area contributed by atoms with E-state index in [2.05, 4.69) is 38.5 Å². The Bertz CT molecular complexity index is 419. The summed E-state index contributed by atoms with van der Waals surface area (Å²) in [5, 5.41) is 0. The zero-order valence-electron chi connectivity index (χ0n) is 9.29. The van der Waals surface area contributed by atoms with E-state index in [1.165, 1.54) is 0 Å². The van der Waals surface area contributed by atoms with E-state index in [9.17, 15) is 4.79 Å². The van der Waals surface area contributed by atoms with Crippen LogP contribution in [0.2, 0.25) is 0 Å². The van der Waals surface area contributed by atoms with Crippen LogP contribution in [0.5, 0.6) is 0 Å². The van der Waals surface area contributed by atoms with Gasteiger partial charge >= 0.3 is 0 Å². The molecule has 0 atom stereocenters. The van der Waals surface area contributed by atoms with Crippen LogP contribution in [-0.2, 0) is 0 Å². The highest BCUT2D eigenvalue weighted by molar-refractivity contribution is 14.1. The number of hydrogen-bond acceptors (Lipinski definition) is 2. The molecular weight excluding hydrogens is 413 g/mol. The van der Waals surface area contributed by atoms with Gasteiger partial charge in [-0.1, -0.05) is 0 Å². The number of halogens is 2. The number of nitrogens with zero attached hydrogens (tertiary/aromatic N) is 1. The number of benzene rings is 1. The van der Waals surface area contributed by atoms with Gasteiger partial charge in [-0.05, 0) is 68.9 Å². The van der Waals surface area contributed by atoms with Gasteiger partial charge in [-0.15, -0.1) is 0 Å². The number of hydrogen-bond donors (Lipinski definition) is 0. The van der Waals surface area contributed by atoms with Crippen molar-refractivity contribution in [3.63, 3.8) is 0 Å². The lowest BCUT2D eigenvalue weighted by molar-refractivity contribution is 0.0767. The Morgan fingerprint density at radius 3 is 3.00 bits per heavy atom. The molecule has 1 amide bonds. The summed E-state index contributed by atoms with van der Waals surface area (Å²) in [5.41, 5.74) is 0.781. The summed E-state index contributed by atoms with van der Waals surface area (Å²) in [4.78, 5) is 14.4. The van der Waals surface area contributed by atoms with Gasteiger partial charge in [0.1, 0.15) is 0 Å². The predicted octanol–water partition coefficient (Wildman–Crippen LogP) is 3.63. The minimum absolute atomic E-state index is 0.151. The first kappa shape index (κ1) is 13.7. The highest BCUT2D eigenvalue weighted by Crippen LogP contribution is 2.22. The van der Waals surface area contributed by atoms with Gasteiger partial charge in [-0.3, -0.25) is 4.79 Å². The molecule has 92 valence electrons. The van der Waals surface area contributed by atoms with Crippen LogP contribution in [0.3, 0.4) is 0 Å². The highest BCUT2D eigenvalue weighted by Gasteiger charge is 2.19. The van der Waals surface area contributed by atoms with Gasteiger partial charge in [-0.2, -0.15) is 11.8 Å². The molecule has 1 fully saturated rings. The average Bonchev–Trinajstić information content (AvgIpc) is 2.60. The van der Waals surface area contributed by atoms with Crippen LogP contribution in [0.4, 0.5) is 0 Å². The van der Waals surface area contributed by atoms with Crippen molar-refractivity contribution in [3.05, 3.63) is 31.8 Å².